The molecule has 1 aliphatic rings. The molecular formula is C43H55N19O4. The van der Waals surface area contributed by atoms with E-state index in [1.165, 1.54) is 0 Å². The standard InChI is InChI=1S/C15H16N4O.C12H21N5O3.C8H10N6.C8H8N4/c16-9-13-8-12-10-19(7-6-14(12)18-17-13)15(20)11-4-2-1-3-5-11;1-4-17(8-9(3)18)11-7-6-10(13-15-11)14-16-12(19)20-5-2;9-11-7-5-3-1-2-4-6(5)8(12-10)14-13-7;9-11-8-7-4-2-1-3-6(7)5-10-12-8/h1-5,8H,6-7,9-10,16H2;6-7,9,18H,4-5,8H2,1-3H3,(H,13,14)(H,16,19);1-4H,9-10H2,(H,11,13)(H,12,14);1-5H,9H2,(H,11,12). The molecule has 0 saturated carbocycles. The van der Waals surface area contributed by atoms with Crippen molar-refractivity contribution in [1.29, 1.82) is 0 Å². The van der Waals surface area contributed by atoms with E-state index >= 15 is 0 Å². The number of hydrazine groups is 4. The molecule has 5 heterocycles. The summed E-state index contributed by atoms with van der Waals surface area (Å²) in [6.07, 6.45) is 1.42. The number of fused-ring (bicyclic) bond motifs is 3. The number of nitrogen functional groups attached to an aromatic ring is 3. The van der Waals surface area contributed by atoms with Crippen molar-refractivity contribution in [3.8, 4) is 0 Å². The summed E-state index contributed by atoms with van der Waals surface area (Å²) in [5.41, 5.74) is 21.5. The second-order valence-electron chi connectivity index (χ2n) is 14.1. The number of benzene rings is 3. The molecule has 346 valence electrons. The summed E-state index contributed by atoms with van der Waals surface area (Å²) in [4.78, 5) is 27.3. The number of ether oxygens (including phenoxy) is 1. The molecule has 66 heavy (non-hydrogen) atoms. The van der Waals surface area contributed by atoms with Crippen LogP contribution in [-0.4, -0.2) is 95.1 Å². The number of hydrogen-bond donors (Lipinski definition) is 10. The summed E-state index contributed by atoms with van der Waals surface area (Å²) >= 11 is 0. The van der Waals surface area contributed by atoms with Crippen molar-refractivity contribution in [1.82, 2.24) is 51.1 Å². The average Bonchev–Trinajstić information content (AvgIpc) is 3.37. The second kappa shape index (κ2) is 25.4. The van der Waals surface area contributed by atoms with Gasteiger partial charge in [0.1, 0.15) is 0 Å². The molecule has 1 unspecified atom stereocenters. The van der Waals surface area contributed by atoms with Gasteiger partial charge in [-0.1, -0.05) is 66.7 Å². The Balaban J connectivity index is 0.000000168. The van der Waals surface area contributed by atoms with Gasteiger partial charge in [0.15, 0.2) is 29.1 Å². The van der Waals surface area contributed by atoms with Gasteiger partial charge in [-0.25, -0.2) is 27.7 Å². The molecule has 23 nitrogen and oxygen atoms in total. The fourth-order valence-corrected chi connectivity index (χ4v) is 6.41. The Morgan fingerprint density at radius 2 is 1.42 bits per heavy atom. The van der Waals surface area contributed by atoms with Gasteiger partial charge < -0.3 is 41.7 Å². The maximum Gasteiger partial charge on any atom is 0.425 e. The smallest absolute Gasteiger partial charge is 0.425 e. The zero-order valence-electron chi connectivity index (χ0n) is 36.8. The molecule has 0 aliphatic carbocycles. The number of nitrogens with two attached hydrogens (primary N) is 4. The van der Waals surface area contributed by atoms with Crippen molar-refractivity contribution < 1.29 is 19.4 Å². The summed E-state index contributed by atoms with van der Waals surface area (Å²) in [5, 5.41) is 44.7. The minimum atomic E-state index is -0.581. The molecule has 1 aliphatic heterocycles. The lowest BCUT2D eigenvalue weighted by Crippen LogP contribution is -2.36. The number of aliphatic hydroxyl groups excluding tert-OH is 1. The number of carbonyl (C=O) groups excluding carboxylic acids is 2. The van der Waals surface area contributed by atoms with Crippen LogP contribution in [0.3, 0.4) is 0 Å². The van der Waals surface area contributed by atoms with Crippen molar-refractivity contribution >= 4 is 62.6 Å². The molecular weight excluding hydrogens is 847 g/mol. The Bertz CT molecular complexity index is 2560. The number of nitrogens with zero attached hydrogens (tertiary/aromatic N) is 10. The van der Waals surface area contributed by atoms with Crippen molar-refractivity contribution in [2.24, 2.45) is 23.3 Å². The average molecular weight is 902 g/mol. The van der Waals surface area contributed by atoms with Gasteiger partial charge in [0.25, 0.3) is 5.91 Å². The molecule has 7 aromatic rings. The maximum atomic E-state index is 12.4. The predicted octanol–water partition coefficient (Wildman–Crippen LogP) is 3.01. The third-order valence-corrected chi connectivity index (χ3v) is 9.58. The van der Waals surface area contributed by atoms with Crippen molar-refractivity contribution in [2.75, 3.05) is 52.8 Å². The minimum absolute atomic E-state index is 0.0577. The monoisotopic (exact) mass is 901 g/mol. The highest BCUT2D eigenvalue weighted by atomic mass is 16.5. The van der Waals surface area contributed by atoms with Crippen LogP contribution in [0, 0.1) is 0 Å². The molecule has 1 atom stereocenters. The van der Waals surface area contributed by atoms with Crippen LogP contribution < -0.4 is 55.3 Å². The number of hydrogen-bond acceptors (Lipinski definition) is 21. The van der Waals surface area contributed by atoms with Crippen molar-refractivity contribution in [3.63, 3.8) is 0 Å². The zero-order valence-corrected chi connectivity index (χ0v) is 36.8. The number of nitrogens with one attached hydrogen (secondary N) is 5. The van der Waals surface area contributed by atoms with E-state index in [1.54, 1.807) is 32.2 Å². The molecule has 8 rings (SSSR count). The van der Waals surface area contributed by atoms with Crippen LogP contribution in [0.15, 0.2) is 103 Å². The van der Waals surface area contributed by atoms with Crippen molar-refractivity contribution in [2.45, 2.75) is 46.4 Å². The van der Waals surface area contributed by atoms with E-state index in [1.807, 2.05) is 102 Å². The van der Waals surface area contributed by atoms with E-state index in [9.17, 15) is 14.7 Å². The second-order valence-corrected chi connectivity index (χ2v) is 14.1. The van der Waals surface area contributed by atoms with E-state index < -0.39 is 12.2 Å². The summed E-state index contributed by atoms with van der Waals surface area (Å²) in [5.74, 6) is 18.6. The van der Waals surface area contributed by atoms with Gasteiger partial charge in [-0.3, -0.25) is 10.2 Å². The summed E-state index contributed by atoms with van der Waals surface area (Å²) in [7, 11) is 0. The first-order chi connectivity index (χ1) is 32.1. The molecule has 14 N–H and O–H groups in total. The SMILES string of the molecule is CCOC(=O)NNc1ccc(N(CC)CC(C)O)nn1.NCc1cc2c(nn1)CCN(C(=O)c1ccccc1)C2.NNc1nnc(NN)c2ccccc12.NNc1nncc2ccccc12. The van der Waals surface area contributed by atoms with E-state index in [4.69, 9.17) is 23.3 Å². The molecule has 0 radical (unpaired) electrons. The molecule has 4 aromatic heterocycles. The Hall–Kier alpha value is -7.96. The lowest BCUT2D eigenvalue weighted by atomic mass is 10.0. The van der Waals surface area contributed by atoms with Gasteiger partial charge in [0.05, 0.1) is 30.3 Å². The minimum Gasteiger partial charge on any atom is -0.449 e. The largest absolute Gasteiger partial charge is 0.449 e. The fourth-order valence-electron chi connectivity index (χ4n) is 6.41. The van der Waals surface area contributed by atoms with Gasteiger partial charge in [-0.2, -0.15) is 15.3 Å². The maximum absolute atomic E-state index is 12.4. The molecule has 0 saturated heterocycles. The van der Waals surface area contributed by atoms with E-state index in [-0.39, 0.29) is 5.91 Å². The van der Waals surface area contributed by atoms with E-state index in [2.05, 4.69) is 72.7 Å². The van der Waals surface area contributed by atoms with Crippen LogP contribution in [0.1, 0.15) is 48.1 Å². The van der Waals surface area contributed by atoms with Crippen LogP contribution in [0.4, 0.5) is 33.9 Å². The Kier molecular flexibility index (Phi) is 18.9. The number of aromatic nitrogens is 8. The topological polar surface area (TPSA) is 337 Å². The van der Waals surface area contributed by atoms with Gasteiger partial charge in [-0.05, 0) is 56.7 Å². The van der Waals surface area contributed by atoms with Gasteiger partial charge in [0.2, 0.25) is 0 Å². The zero-order chi connectivity index (χ0) is 47.3. The van der Waals surface area contributed by atoms with Gasteiger partial charge in [0, 0.05) is 66.3 Å². The Morgan fingerprint density at radius 1 is 0.788 bits per heavy atom. The Morgan fingerprint density at radius 3 is 2.02 bits per heavy atom. The van der Waals surface area contributed by atoms with Gasteiger partial charge >= 0.3 is 6.09 Å². The number of likely N-dealkylation sites (N-methyl/N-ethyl adjacent to an activating group) is 1. The number of aliphatic hydroxyl groups is 1. The quantitative estimate of drug-likeness (QED) is 0.0622. The van der Waals surface area contributed by atoms with Crippen molar-refractivity contribution in [3.05, 3.63) is 126 Å². The first kappa shape index (κ1) is 49.1. The number of rotatable bonds is 12. The van der Waals surface area contributed by atoms with Crippen LogP contribution in [-0.2, 0) is 24.2 Å². The summed E-state index contributed by atoms with van der Waals surface area (Å²) in [6.45, 7) is 8.52. The lowest BCUT2D eigenvalue weighted by molar-refractivity contribution is 0.0733. The molecule has 3 aromatic carbocycles. The highest BCUT2D eigenvalue weighted by Gasteiger charge is 2.23. The Labute approximate surface area is 380 Å². The lowest BCUT2D eigenvalue weighted by Gasteiger charge is -2.28. The normalized spacial score (nSPS) is 11.7. The first-order valence-corrected chi connectivity index (χ1v) is 20.8. The fraction of sp³-hybridized carbons (Fsp3) is 0.256. The van der Waals surface area contributed by atoms with E-state index in [0.717, 1.165) is 50.5 Å². The molecule has 0 spiro atoms. The molecule has 23 heteroatoms. The summed E-state index contributed by atoms with van der Waals surface area (Å²) in [6, 6.07) is 30.1. The first-order valence-electron chi connectivity index (χ1n) is 20.8. The molecule has 0 bridgehead atoms. The number of anilines is 5. The van der Waals surface area contributed by atoms with E-state index in [0.29, 0.717) is 68.4 Å². The molecule has 0 fully saturated rings. The van der Waals surface area contributed by atoms with Gasteiger partial charge in [-0.15, -0.1) is 25.5 Å². The van der Waals surface area contributed by atoms with Crippen LogP contribution >= 0.6 is 0 Å². The highest BCUT2D eigenvalue weighted by Crippen LogP contribution is 2.24. The third-order valence-electron chi connectivity index (χ3n) is 9.58. The number of carbonyl (C=O) groups is 2. The highest BCUT2D eigenvalue weighted by molar-refractivity contribution is 5.98. The number of amides is 2. The third kappa shape index (κ3) is 13.8. The van der Waals surface area contributed by atoms with Crippen LogP contribution in [0.5, 0.6) is 0 Å². The van der Waals surface area contributed by atoms with Crippen LogP contribution in [0.25, 0.3) is 21.5 Å². The molecule has 2 amide bonds. The van der Waals surface area contributed by atoms with Crippen LogP contribution in [0.2, 0.25) is 0 Å². The summed E-state index contributed by atoms with van der Waals surface area (Å²) < 4.78 is 4.69. The predicted molar refractivity (Wildman–Crippen MR) is 253 cm³/mol.